The lowest BCUT2D eigenvalue weighted by atomic mass is 9.86. The quantitative estimate of drug-likeness (QED) is 0.165. The standard InChI is InChI=1S/C72H56N2O4/c1-41-15-21-45(22-16-41)73(49-27-33-63-57(37-49)53-11-9-13-61(69(53)75-63)71(3,4)5)47-25-31-51-43(35-47)19-29-55-59-39-60-56-30-20-44-36-48(26-32-52(44)68(56)78-66(60)40-65(59)77-67(51)55)74(46-23-17-42(2)18-24-46)50-28-34-64-58(38-50)54-12-10-14-62(70(54)76-64)72(6,7)8/h9-40H,1-8H3. The van der Waals surface area contributed by atoms with E-state index in [2.05, 4.69) is 259 Å². The van der Waals surface area contributed by atoms with Gasteiger partial charge in [0.05, 0.1) is 0 Å². The topological polar surface area (TPSA) is 59.0 Å². The van der Waals surface area contributed by atoms with Crippen LogP contribution in [0.15, 0.2) is 212 Å². The molecule has 0 radical (unpaired) electrons. The predicted molar refractivity (Wildman–Crippen MR) is 327 cm³/mol. The maximum atomic E-state index is 6.86. The van der Waals surface area contributed by atoms with Gasteiger partial charge in [0, 0.05) is 105 Å². The largest absolute Gasteiger partial charge is 0.456 e. The molecule has 4 aromatic heterocycles. The number of hydrogen-bond acceptors (Lipinski definition) is 6. The van der Waals surface area contributed by atoms with Crippen molar-refractivity contribution in [2.45, 2.75) is 66.2 Å². The van der Waals surface area contributed by atoms with Crippen LogP contribution >= 0.6 is 0 Å². The number of rotatable bonds is 6. The Morgan fingerprint density at radius 1 is 0.269 bits per heavy atom. The van der Waals surface area contributed by atoms with Gasteiger partial charge in [-0.15, -0.1) is 0 Å². The average Bonchev–Trinajstić information content (AvgIpc) is 4.34. The zero-order valence-electron chi connectivity index (χ0n) is 45.0. The fourth-order valence-corrected chi connectivity index (χ4v) is 12.2. The van der Waals surface area contributed by atoms with Crippen molar-refractivity contribution in [3.05, 3.63) is 216 Å². The van der Waals surface area contributed by atoms with Crippen molar-refractivity contribution in [3.63, 3.8) is 0 Å². The van der Waals surface area contributed by atoms with Crippen LogP contribution in [0, 0.1) is 13.8 Å². The summed E-state index contributed by atoms with van der Waals surface area (Å²) in [5.41, 5.74) is 18.1. The molecule has 0 saturated heterocycles. The van der Waals surface area contributed by atoms with Crippen LogP contribution in [0.4, 0.5) is 34.1 Å². The second-order valence-electron chi connectivity index (χ2n) is 23.5. The van der Waals surface area contributed by atoms with Crippen LogP contribution in [0.25, 0.3) is 109 Å². The zero-order chi connectivity index (χ0) is 52.9. The fraction of sp³-hybridized carbons (Fsp3) is 0.139. The summed E-state index contributed by atoms with van der Waals surface area (Å²) >= 11 is 0. The third kappa shape index (κ3) is 7.16. The van der Waals surface area contributed by atoms with Crippen LogP contribution < -0.4 is 9.80 Å². The zero-order valence-corrected chi connectivity index (χ0v) is 45.0. The summed E-state index contributed by atoms with van der Waals surface area (Å²) in [6.45, 7) is 17.7. The van der Waals surface area contributed by atoms with E-state index in [1.165, 1.54) is 22.3 Å². The first kappa shape index (κ1) is 46.1. The molecule has 378 valence electrons. The summed E-state index contributed by atoms with van der Waals surface area (Å²) in [5.74, 6) is 0. The number of benzene rings is 11. The highest BCUT2D eigenvalue weighted by molar-refractivity contribution is 6.22. The van der Waals surface area contributed by atoms with Crippen LogP contribution in [0.5, 0.6) is 0 Å². The Balaban J connectivity index is 0.809. The van der Waals surface area contributed by atoms with Gasteiger partial charge in [0.2, 0.25) is 0 Å². The minimum atomic E-state index is -0.0535. The molecule has 0 bridgehead atoms. The van der Waals surface area contributed by atoms with E-state index in [-0.39, 0.29) is 10.8 Å². The van der Waals surface area contributed by atoms with E-state index in [1.54, 1.807) is 0 Å². The molecule has 6 heteroatoms. The summed E-state index contributed by atoms with van der Waals surface area (Å²) in [6.07, 6.45) is 0. The van der Waals surface area contributed by atoms with Crippen molar-refractivity contribution in [1.29, 1.82) is 0 Å². The summed E-state index contributed by atoms with van der Waals surface area (Å²) in [7, 11) is 0. The Labute approximate surface area is 451 Å². The van der Waals surface area contributed by atoms with Gasteiger partial charge in [0.15, 0.2) is 0 Å². The molecule has 0 aliphatic rings. The lowest BCUT2D eigenvalue weighted by Crippen LogP contribution is -2.11. The molecule has 0 unspecified atom stereocenters. The van der Waals surface area contributed by atoms with Gasteiger partial charge in [-0.05, 0) is 151 Å². The van der Waals surface area contributed by atoms with Crippen LogP contribution in [0.1, 0.15) is 63.8 Å². The van der Waals surface area contributed by atoms with E-state index in [4.69, 9.17) is 17.7 Å². The monoisotopic (exact) mass is 1010 g/mol. The molecule has 0 atom stereocenters. The minimum absolute atomic E-state index is 0.0535. The van der Waals surface area contributed by atoms with Crippen LogP contribution in [-0.4, -0.2) is 0 Å². The van der Waals surface area contributed by atoms with Gasteiger partial charge in [-0.1, -0.05) is 125 Å². The van der Waals surface area contributed by atoms with Crippen molar-refractivity contribution in [2.24, 2.45) is 0 Å². The Kier molecular flexibility index (Phi) is 9.82. The average molecular weight is 1010 g/mol. The van der Waals surface area contributed by atoms with Crippen molar-refractivity contribution in [1.82, 2.24) is 0 Å². The van der Waals surface area contributed by atoms with Crippen molar-refractivity contribution < 1.29 is 17.7 Å². The Morgan fingerprint density at radius 2 is 0.615 bits per heavy atom. The van der Waals surface area contributed by atoms with E-state index < -0.39 is 0 Å². The molecule has 6 nitrogen and oxygen atoms in total. The molecule has 11 aromatic carbocycles. The fourth-order valence-electron chi connectivity index (χ4n) is 12.2. The molecule has 78 heavy (non-hydrogen) atoms. The molecule has 0 saturated carbocycles. The van der Waals surface area contributed by atoms with Gasteiger partial charge in [-0.2, -0.15) is 0 Å². The van der Waals surface area contributed by atoms with Crippen molar-refractivity contribution in [2.75, 3.05) is 9.80 Å². The van der Waals surface area contributed by atoms with Gasteiger partial charge < -0.3 is 27.5 Å². The van der Waals surface area contributed by atoms with Gasteiger partial charge in [0.25, 0.3) is 0 Å². The first-order valence-electron chi connectivity index (χ1n) is 27.0. The summed E-state index contributed by atoms with van der Waals surface area (Å²) in [6, 6.07) is 70.2. The van der Waals surface area contributed by atoms with E-state index in [9.17, 15) is 0 Å². The highest BCUT2D eigenvalue weighted by atomic mass is 16.3. The maximum absolute atomic E-state index is 6.86. The summed E-state index contributed by atoms with van der Waals surface area (Å²) in [5, 5.41) is 13.0. The molecule has 15 rings (SSSR count). The molecule has 0 fully saturated rings. The van der Waals surface area contributed by atoms with Crippen LogP contribution in [-0.2, 0) is 10.8 Å². The number of nitrogens with zero attached hydrogens (tertiary/aromatic N) is 2. The van der Waals surface area contributed by atoms with Crippen LogP contribution in [0.3, 0.4) is 0 Å². The summed E-state index contributed by atoms with van der Waals surface area (Å²) in [4.78, 5) is 4.67. The summed E-state index contributed by atoms with van der Waals surface area (Å²) < 4.78 is 26.9. The molecule has 0 aliphatic heterocycles. The number of para-hydroxylation sites is 2. The van der Waals surface area contributed by atoms with Crippen LogP contribution in [0.2, 0.25) is 0 Å². The molecular formula is C72H56N2O4. The smallest absolute Gasteiger partial charge is 0.143 e. The highest BCUT2D eigenvalue weighted by Gasteiger charge is 2.25. The third-order valence-electron chi connectivity index (χ3n) is 16.2. The first-order chi connectivity index (χ1) is 37.7. The molecular weight excluding hydrogens is 957 g/mol. The molecule has 15 aromatic rings. The molecule has 0 amide bonds. The lowest BCUT2D eigenvalue weighted by molar-refractivity contribution is 0.572. The van der Waals surface area contributed by atoms with E-state index in [0.717, 1.165) is 143 Å². The number of hydrogen-bond donors (Lipinski definition) is 0. The maximum Gasteiger partial charge on any atom is 0.143 e. The lowest BCUT2D eigenvalue weighted by Gasteiger charge is -2.26. The van der Waals surface area contributed by atoms with Gasteiger partial charge in [-0.25, -0.2) is 0 Å². The second kappa shape index (κ2) is 16.6. The molecule has 0 spiro atoms. The van der Waals surface area contributed by atoms with Crippen molar-refractivity contribution in [3.8, 4) is 0 Å². The number of fused-ring (bicyclic) bond motifs is 16. The molecule has 0 N–H and O–H groups in total. The van der Waals surface area contributed by atoms with Crippen molar-refractivity contribution >= 4 is 143 Å². The Bertz CT molecular complexity index is 4640. The number of anilines is 6. The van der Waals surface area contributed by atoms with Gasteiger partial charge in [0.1, 0.15) is 44.7 Å². The highest BCUT2D eigenvalue weighted by Crippen LogP contribution is 2.47. The molecule has 4 heterocycles. The second-order valence-corrected chi connectivity index (χ2v) is 23.5. The SMILES string of the molecule is Cc1ccc(N(c2ccc3c(ccc4c5cc6c(cc5oc34)oc3c4ccc(N(c5ccc(C)cc5)c5ccc7oc8c(C(C)(C)C)cccc8c7c5)cc4ccc63)c2)c2ccc3oc4c(C(C)(C)C)cccc4c3c2)cc1. The van der Waals surface area contributed by atoms with E-state index in [1.807, 2.05) is 0 Å². The number of furan rings is 4. The van der Waals surface area contributed by atoms with E-state index >= 15 is 0 Å². The number of aryl methyl sites for hydroxylation is 2. The Morgan fingerprint density at radius 3 is 1.04 bits per heavy atom. The van der Waals surface area contributed by atoms with E-state index in [0.29, 0.717) is 0 Å². The predicted octanol–water partition coefficient (Wildman–Crippen LogP) is 21.7. The first-order valence-corrected chi connectivity index (χ1v) is 27.0. The normalized spacial score (nSPS) is 12.6. The Hall–Kier alpha value is -9.26. The van der Waals surface area contributed by atoms with Gasteiger partial charge in [-0.3, -0.25) is 0 Å². The minimum Gasteiger partial charge on any atom is -0.456 e. The van der Waals surface area contributed by atoms with Gasteiger partial charge >= 0.3 is 0 Å². The molecule has 0 aliphatic carbocycles. The third-order valence-corrected chi connectivity index (χ3v) is 16.2.